The second kappa shape index (κ2) is 37.9. The fourth-order valence-electron chi connectivity index (χ4n) is 23.5. The van der Waals surface area contributed by atoms with Crippen molar-refractivity contribution in [1.29, 1.82) is 0 Å². The molecule has 0 fully saturated rings. The fraction of sp³-hybridized carbons (Fsp3) is 0.0149. The van der Waals surface area contributed by atoms with Gasteiger partial charge in [0.25, 0.3) is 26.9 Å². The molecule has 0 saturated carbocycles. The molecule has 22 aromatic carbocycles. The zero-order valence-corrected chi connectivity index (χ0v) is 82.0. The molecule has 8 aliphatic heterocycles. The van der Waals surface area contributed by atoms with Gasteiger partial charge in [-0.1, -0.05) is 334 Å². The van der Waals surface area contributed by atoms with Crippen molar-refractivity contribution in [2.45, 2.75) is 0 Å². The van der Waals surface area contributed by atoms with E-state index in [9.17, 15) is 0 Å². The highest BCUT2D eigenvalue weighted by Gasteiger charge is 2.47. The molecule has 0 unspecified atom stereocenters. The van der Waals surface area contributed by atoms with E-state index in [1.807, 2.05) is 72.8 Å². The van der Waals surface area contributed by atoms with Gasteiger partial charge in [-0.2, -0.15) is 0 Å². The molecule has 0 atom stereocenters. The van der Waals surface area contributed by atoms with Crippen LogP contribution in [0.15, 0.2) is 540 Å². The Morgan fingerprint density at radius 1 is 0.154 bits per heavy atom. The van der Waals surface area contributed by atoms with Crippen LogP contribution in [-0.2, 0) is 0 Å². The van der Waals surface area contributed by atoms with Gasteiger partial charge in [0, 0.05) is 140 Å². The second-order valence-electron chi connectivity index (χ2n) is 38.5. The Hall–Kier alpha value is -19.1. The van der Waals surface area contributed by atoms with E-state index in [4.69, 9.17) is 18.9 Å². The Morgan fingerprint density at radius 2 is 0.416 bits per heavy atom. The van der Waals surface area contributed by atoms with E-state index < -0.39 is 0 Å². The van der Waals surface area contributed by atoms with Gasteiger partial charge in [0.1, 0.15) is 46.0 Å². The molecule has 0 saturated heterocycles. The highest BCUT2D eigenvalue weighted by Crippen LogP contribution is 2.51. The number of rotatable bonds is 13. The van der Waals surface area contributed by atoms with Crippen molar-refractivity contribution in [2.24, 2.45) is 0 Å². The predicted molar refractivity (Wildman–Crippen MR) is 624 cm³/mol. The lowest BCUT2D eigenvalue weighted by atomic mass is 9.33. The van der Waals surface area contributed by atoms with Crippen molar-refractivity contribution in [1.82, 2.24) is 0 Å². The van der Waals surface area contributed by atoms with Crippen LogP contribution in [0.5, 0.6) is 46.0 Å². The van der Waals surface area contributed by atoms with Crippen LogP contribution in [-0.4, -0.2) is 40.9 Å². The summed E-state index contributed by atoms with van der Waals surface area (Å²) >= 11 is 0. The van der Waals surface area contributed by atoms with E-state index >= 15 is 0 Å². The summed E-state index contributed by atoms with van der Waals surface area (Å²) in [5.41, 5.74) is 41.8. The van der Waals surface area contributed by atoms with Gasteiger partial charge in [-0.05, 0) is 271 Å². The number of hydrogen-bond donors (Lipinski definition) is 0. The lowest BCUT2D eigenvalue weighted by Crippen LogP contribution is -2.61. The summed E-state index contributed by atoms with van der Waals surface area (Å²) in [6, 6.07) is 191. The molecule has 0 aromatic heterocycles. The Bertz CT molecular complexity index is 8260. The maximum Gasteiger partial charge on any atom is 0.260 e. The van der Waals surface area contributed by atoms with Crippen LogP contribution in [0.1, 0.15) is 0 Å². The minimum atomic E-state index is -0.0272. The van der Waals surface area contributed by atoms with Crippen molar-refractivity contribution < 1.29 is 18.9 Å². The molecule has 30 rings (SSSR count). The van der Waals surface area contributed by atoms with Crippen LogP contribution in [0.25, 0.3) is 22.3 Å². The average molecular weight is 1910 g/mol. The normalized spacial score (nSPS) is 12.7. The minimum Gasteiger partial charge on any atom is -0.458 e. The molecule has 8 aliphatic rings. The summed E-state index contributed by atoms with van der Waals surface area (Å²) in [4.78, 5) is 16.5. The standard InChI is InChI=1S/C42H30BN3.C42H29BN2O2.C30H19BO2.C20H17BN2/c1-5-17-31(18-6-1)44(32-19-7-2-8-20-32)35-29-40-42-41(30-35)46(34-23-11-4-12-24-34)39-28-16-14-26-37(39)43(42)36-25-13-15-27-38(36)45(40)33-21-9-3-10-22-33;1-5-14-30(15-6-1)44(31-16-7-2-8-17-31)34-24-26-36-40(28-34)46-38-22-13-23-39-42(38)43(36)37-27-25-35(29-41(37)47-39)45(32-18-9-3-10-19-32)33-20-11-4-12-21-33;1-3-8-20(9-4-1)22-14-16-26-24(18-22)31-25-19-23(21-10-5-2-6-11-21)15-17-27(25)33-29-13-7-12-28(32-26)30(29)31;1-22-16-10-5-3-8-14(16)21-15-9-4-6-11-17(15)23(2)19-13-7-12-18(22)20(19)21/h1-30H;1-29H;1-19H;3-13H,1-2H3. The maximum atomic E-state index is 6.66. The Balaban J connectivity index is 0.000000101. The van der Waals surface area contributed by atoms with Crippen LogP contribution in [0.3, 0.4) is 0 Å². The third-order valence-electron chi connectivity index (χ3n) is 30.0. The number of para-hydroxylation sites is 12. The van der Waals surface area contributed by atoms with E-state index in [0.717, 1.165) is 130 Å². The largest absolute Gasteiger partial charge is 0.458 e. The molecule has 0 radical (unpaired) electrons. The van der Waals surface area contributed by atoms with Gasteiger partial charge in [0.05, 0.1) is 5.69 Å². The first kappa shape index (κ1) is 88.8. The molecular weight excluding hydrogens is 1810 g/mol. The SMILES string of the molecule is CN1c2ccccc2B2c3ccccc3N(C)c3cccc1c32.c1ccc(-c2ccc3c(c2)B2c4cc(-c5ccccc5)ccc4Oc4cccc(c42)O3)cc1.c1ccc(N(c2ccccc2)c2cc3c4c(c2)N(c2ccccc2)c2ccccc2B4c2ccccc2N3c2ccccc2)cc1.c1ccc(N(c2ccccc2)c2ccc3c(c2)Oc2cccc4c2B3c2ccc(N(c3ccccc3)c3ccccc3)cc2O4)cc1. The van der Waals surface area contributed by atoms with E-state index in [1.165, 1.54) is 111 Å². The van der Waals surface area contributed by atoms with E-state index in [1.54, 1.807) is 0 Å². The summed E-state index contributed by atoms with van der Waals surface area (Å²) in [6.07, 6.45) is 0. The first-order valence-corrected chi connectivity index (χ1v) is 51.0. The molecule has 8 heterocycles. The van der Waals surface area contributed by atoms with Crippen molar-refractivity contribution >= 4 is 200 Å². The molecule has 22 aromatic rings. The number of benzene rings is 22. The quantitative estimate of drug-likeness (QED) is 0.104. The summed E-state index contributed by atoms with van der Waals surface area (Å²) in [5.74, 6) is 6.90. The average Bonchev–Trinajstić information content (AvgIpc) is 0.682. The van der Waals surface area contributed by atoms with Crippen molar-refractivity contribution in [3.8, 4) is 68.2 Å². The molecule has 15 heteroatoms. The van der Waals surface area contributed by atoms with Gasteiger partial charge in [0.15, 0.2) is 0 Å². The van der Waals surface area contributed by atoms with Crippen LogP contribution in [0, 0.1) is 0 Å². The molecule has 149 heavy (non-hydrogen) atoms. The molecule has 11 nitrogen and oxygen atoms in total. The maximum absolute atomic E-state index is 6.66. The number of nitrogens with zero attached hydrogens (tertiary/aromatic N) is 7. The zero-order chi connectivity index (χ0) is 98.9. The first-order valence-electron chi connectivity index (χ1n) is 51.0. The summed E-state index contributed by atoms with van der Waals surface area (Å²) in [6.45, 7) is 0.436. The molecule has 0 spiro atoms. The first-order chi connectivity index (χ1) is 73.8. The van der Waals surface area contributed by atoms with Gasteiger partial charge >= 0.3 is 0 Å². The number of ether oxygens (including phenoxy) is 4. The van der Waals surface area contributed by atoms with E-state index in [2.05, 4.69) is 516 Å². The summed E-state index contributed by atoms with van der Waals surface area (Å²) in [5, 5.41) is 0. The minimum absolute atomic E-state index is 0.0272. The third-order valence-corrected chi connectivity index (χ3v) is 30.0. The molecule has 702 valence electrons. The second-order valence-corrected chi connectivity index (χ2v) is 38.5. The highest BCUT2D eigenvalue weighted by molar-refractivity contribution is 7.02. The Kier molecular flexibility index (Phi) is 22.6. The summed E-state index contributed by atoms with van der Waals surface area (Å²) < 4.78 is 26.1. The Labute approximate surface area is 869 Å². The van der Waals surface area contributed by atoms with Crippen LogP contribution < -0.4 is 119 Å². The van der Waals surface area contributed by atoms with E-state index in [0.29, 0.717) is 6.71 Å². The molecule has 0 aliphatic carbocycles. The monoisotopic (exact) mass is 1910 g/mol. The van der Waals surface area contributed by atoms with Gasteiger partial charge in [0.2, 0.25) is 0 Å². The zero-order valence-electron chi connectivity index (χ0n) is 82.0. The third kappa shape index (κ3) is 15.8. The highest BCUT2D eigenvalue weighted by atomic mass is 16.5. The van der Waals surface area contributed by atoms with E-state index in [-0.39, 0.29) is 20.1 Å². The molecule has 0 amide bonds. The van der Waals surface area contributed by atoms with Crippen molar-refractivity contribution in [3.63, 3.8) is 0 Å². The number of hydrogen-bond acceptors (Lipinski definition) is 11. The smallest absolute Gasteiger partial charge is 0.260 e. The number of fused-ring (bicyclic) bond motifs is 16. The topological polar surface area (TPSA) is 59.6 Å². The van der Waals surface area contributed by atoms with Crippen LogP contribution >= 0.6 is 0 Å². The van der Waals surface area contributed by atoms with Crippen LogP contribution in [0.2, 0.25) is 0 Å². The van der Waals surface area contributed by atoms with Gasteiger partial charge in [-0.3, -0.25) is 0 Å². The lowest BCUT2D eigenvalue weighted by molar-refractivity contribution is 0.464. The fourth-order valence-corrected chi connectivity index (χ4v) is 23.5. The lowest BCUT2D eigenvalue weighted by Gasteiger charge is -2.45. The summed E-state index contributed by atoms with van der Waals surface area (Å²) in [7, 11) is 4.34. The molecular formula is C134H95B4N7O4. The van der Waals surface area contributed by atoms with Crippen molar-refractivity contribution in [2.75, 3.05) is 48.4 Å². The van der Waals surface area contributed by atoms with Gasteiger partial charge in [-0.15, -0.1) is 0 Å². The van der Waals surface area contributed by atoms with Crippen molar-refractivity contribution in [3.05, 3.63) is 540 Å². The van der Waals surface area contributed by atoms with Gasteiger partial charge < -0.3 is 53.2 Å². The van der Waals surface area contributed by atoms with Gasteiger partial charge in [-0.25, -0.2) is 0 Å². The number of anilines is 19. The Morgan fingerprint density at radius 3 is 0.765 bits per heavy atom. The molecule has 0 bridgehead atoms. The predicted octanol–water partition coefficient (Wildman–Crippen LogP) is 26.7. The molecule has 0 N–H and O–H groups in total. The van der Waals surface area contributed by atoms with Crippen LogP contribution in [0.4, 0.5) is 108 Å².